The molecular weight excluding hydrogens is 314 g/mol. The second-order valence-electron chi connectivity index (χ2n) is 6.52. The van der Waals surface area contributed by atoms with Crippen LogP contribution in [0.5, 0.6) is 5.75 Å². The molecule has 5 rings (SSSR count). The van der Waals surface area contributed by atoms with Crippen LogP contribution in [-0.2, 0) is 6.42 Å². The molecule has 2 N–H and O–H groups in total. The summed E-state index contributed by atoms with van der Waals surface area (Å²) in [4.78, 5) is 18.3. The van der Waals surface area contributed by atoms with Gasteiger partial charge in [-0.15, -0.1) is 0 Å². The van der Waals surface area contributed by atoms with Crippen molar-refractivity contribution in [3.8, 4) is 5.75 Å². The monoisotopic (exact) mass is 333 g/mol. The Bertz CT molecular complexity index is 992. The van der Waals surface area contributed by atoms with Crippen molar-refractivity contribution < 1.29 is 9.53 Å². The standard InChI is InChI=1S/C20H19N3O2/c1-2-21-12-7-8-15-17(11-12)25-20-18-14(9-10-23(20)19(15)24)13-5-3-4-6-16(13)22-18/h3-8,11,20-22H,2,9-10H2,1H3. The van der Waals surface area contributed by atoms with Gasteiger partial charge in [0.1, 0.15) is 5.75 Å². The zero-order valence-electron chi connectivity index (χ0n) is 14.0. The zero-order chi connectivity index (χ0) is 17.0. The molecule has 5 nitrogen and oxygen atoms in total. The highest BCUT2D eigenvalue weighted by Gasteiger charge is 2.40. The summed E-state index contributed by atoms with van der Waals surface area (Å²) < 4.78 is 6.28. The van der Waals surface area contributed by atoms with Crippen molar-refractivity contribution in [3.05, 3.63) is 59.3 Å². The van der Waals surface area contributed by atoms with Gasteiger partial charge in [-0.25, -0.2) is 0 Å². The van der Waals surface area contributed by atoms with Crippen molar-refractivity contribution in [2.75, 3.05) is 18.4 Å². The van der Waals surface area contributed by atoms with Crippen molar-refractivity contribution in [3.63, 3.8) is 0 Å². The highest BCUT2D eigenvalue weighted by atomic mass is 16.5. The fraction of sp³-hybridized carbons (Fsp3) is 0.250. The fourth-order valence-corrected chi connectivity index (χ4v) is 3.92. The van der Waals surface area contributed by atoms with Crippen LogP contribution < -0.4 is 10.1 Å². The predicted octanol–water partition coefficient (Wildman–Crippen LogP) is 3.69. The van der Waals surface area contributed by atoms with E-state index in [1.807, 2.05) is 42.2 Å². The molecule has 2 aliphatic rings. The van der Waals surface area contributed by atoms with E-state index < -0.39 is 0 Å². The number of carbonyl (C=O) groups is 1. The van der Waals surface area contributed by atoms with Crippen molar-refractivity contribution in [1.82, 2.24) is 9.88 Å². The van der Waals surface area contributed by atoms with E-state index in [9.17, 15) is 4.79 Å². The molecule has 1 unspecified atom stereocenters. The Labute approximate surface area is 145 Å². The Morgan fingerprint density at radius 2 is 2.16 bits per heavy atom. The smallest absolute Gasteiger partial charge is 0.260 e. The quantitative estimate of drug-likeness (QED) is 0.752. The second kappa shape index (κ2) is 5.28. The van der Waals surface area contributed by atoms with Crippen molar-refractivity contribution in [2.24, 2.45) is 0 Å². The molecular formula is C20H19N3O2. The summed E-state index contributed by atoms with van der Waals surface area (Å²) in [5, 5.41) is 4.50. The first-order chi connectivity index (χ1) is 12.3. The van der Waals surface area contributed by atoms with Crippen LogP contribution >= 0.6 is 0 Å². The number of H-pyrrole nitrogens is 1. The summed E-state index contributed by atoms with van der Waals surface area (Å²) >= 11 is 0. The van der Waals surface area contributed by atoms with E-state index in [-0.39, 0.29) is 12.1 Å². The van der Waals surface area contributed by atoms with Gasteiger partial charge in [0.25, 0.3) is 5.91 Å². The molecule has 1 aromatic heterocycles. The maximum atomic E-state index is 13.0. The third-order valence-corrected chi connectivity index (χ3v) is 5.07. The summed E-state index contributed by atoms with van der Waals surface area (Å²) in [5.41, 5.74) is 4.96. The number of para-hydroxylation sites is 1. The largest absolute Gasteiger partial charge is 0.464 e. The van der Waals surface area contributed by atoms with Crippen molar-refractivity contribution in [2.45, 2.75) is 19.6 Å². The first-order valence-electron chi connectivity index (χ1n) is 8.71. The third-order valence-electron chi connectivity index (χ3n) is 5.07. The summed E-state index contributed by atoms with van der Waals surface area (Å²) in [6.45, 7) is 3.55. The molecule has 3 heterocycles. The van der Waals surface area contributed by atoms with Gasteiger partial charge in [0.2, 0.25) is 6.23 Å². The average Bonchev–Trinajstić information content (AvgIpc) is 3.01. The Morgan fingerprint density at radius 1 is 1.28 bits per heavy atom. The number of hydrogen-bond donors (Lipinski definition) is 2. The number of nitrogens with zero attached hydrogens (tertiary/aromatic N) is 1. The van der Waals surface area contributed by atoms with Gasteiger partial charge in [-0.2, -0.15) is 0 Å². The minimum absolute atomic E-state index is 0.0404. The van der Waals surface area contributed by atoms with Gasteiger partial charge >= 0.3 is 0 Å². The number of anilines is 1. The maximum absolute atomic E-state index is 13.0. The molecule has 2 aromatic carbocycles. The van der Waals surface area contributed by atoms with Gasteiger partial charge in [-0.3, -0.25) is 9.69 Å². The predicted molar refractivity (Wildman–Crippen MR) is 97.0 cm³/mol. The van der Waals surface area contributed by atoms with Crippen LogP contribution in [0.3, 0.4) is 0 Å². The van der Waals surface area contributed by atoms with E-state index in [4.69, 9.17) is 4.74 Å². The van der Waals surface area contributed by atoms with Gasteiger partial charge in [0, 0.05) is 35.7 Å². The molecule has 0 aliphatic carbocycles. The fourth-order valence-electron chi connectivity index (χ4n) is 3.92. The lowest BCUT2D eigenvalue weighted by Crippen LogP contribution is -2.45. The Kier molecular flexibility index (Phi) is 3.04. The molecule has 1 atom stereocenters. The molecule has 0 saturated heterocycles. The first-order valence-corrected chi connectivity index (χ1v) is 8.71. The van der Waals surface area contributed by atoms with Crippen LogP contribution in [0.25, 0.3) is 10.9 Å². The van der Waals surface area contributed by atoms with E-state index in [0.29, 0.717) is 17.9 Å². The van der Waals surface area contributed by atoms with Gasteiger partial charge < -0.3 is 15.0 Å². The SMILES string of the molecule is CCNc1ccc2c(c1)OC1c3[nH]c4ccccc4c3CCN1C2=O. The number of amides is 1. The minimum Gasteiger partial charge on any atom is -0.464 e. The molecule has 0 fully saturated rings. The van der Waals surface area contributed by atoms with Crippen LogP contribution in [0.2, 0.25) is 0 Å². The van der Waals surface area contributed by atoms with Crippen molar-refractivity contribution in [1.29, 1.82) is 0 Å². The topological polar surface area (TPSA) is 57.4 Å². The molecule has 0 radical (unpaired) electrons. The molecule has 0 saturated carbocycles. The van der Waals surface area contributed by atoms with Crippen LogP contribution in [0.4, 0.5) is 5.69 Å². The number of hydrogen-bond acceptors (Lipinski definition) is 3. The highest BCUT2D eigenvalue weighted by Crippen LogP contribution is 2.41. The van der Waals surface area contributed by atoms with Gasteiger partial charge in [-0.1, -0.05) is 18.2 Å². The minimum atomic E-state index is -0.381. The highest BCUT2D eigenvalue weighted by molar-refractivity contribution is 5.99. The number of benzene rings is 2. The van der Waals surface area contributed by atoms with Gasteiger partial charge in [0.15, 0.2) is 0 Å². The van der Waals surface area contributed by atoms with Crippen LogP contribution in [0.1, 0.15) is 34.8 Å². The van der Waals surface area contributed by atoms with E-state index in [2.05, 4.69) is 22.4 Å². The van der Waals surface area contributed by atoms with E-state index in [0.717, 1.165) is 29.9 Å². The van der Waals surface area contributed by atoms with Crippen molar-refractivity contribution >= 4 is 22.5 Å². The number of fused-ring (bicyclic) bond motifs is 6. The Morgan fingerprint density at radius 3 is 3.04 bits per heavy atom. The number of aromatic amines is 1. The molecule has 25 heavy (non-hydrogen) atoms. The van der Waals surface area contributed by atoms with Gasteiger partial charge in [0.05, 0.1) is 11.3 Å². The number of ether oxygens (including phenoxy) is 1. The Hall–Kier alpha value is -2.95. The third kappa shape index (κ3) is 2.05. The Balaban J connectivity index is 1.62. The molecule has 3 aromatic rings. The number of rotatable bonds is 2. The second-order valence-corrected chi connectivity index (χ2v) is 6.52. The number of nitrogens with one attached hydrogen (secondary N) is 2. The van der Waals surface area contributed by atoms with Crippen LogP contribution in [0.15, 0.2) is 42.5 Å². The summed E-state index contributed by atoms with van der Waals surface area (Å²) in [7, 11) is 0. The normalized spacial score (nSPS) is 18.4. The summed E-state index contributed by atoms with van der Waals surface area (Å²) in [6, 6.07) is 14.0. The lowest BCUT2D eigenvalue weighted by Gasteiger charge is -2.39. The molecule has 0 spiro atoms. The average molecular weight is 333 g/mol. The lowest BCUT2D eigenvalue weighted by molar-refractivity contribution is 0.00207. The zero-order valence-corrected chi connectivity index (χ0v) is 14.0. The number of carbonyl (C=O) groups excluding carboxylic acids is 1. The molecule has 0 bridgehead atoms. The van der Waals surface area contributed by atoms with E-state index in [1.165, 1.54) is 10.9 Å². The molecule has 5 heteroatoms. The van der Waals surface area contributed by atoms with Crippen LogP contribution in [-0.4, -0.2) is 28.9 Å². The summed E-state index contributed by atoms with van der Waals surface area (Å²) in [6.07, 6.45) is 0.462. The maximum Gasteiger partial charge on any atom is 0.260 e. The molecule has 1 amide bonds. The number of aromatic nitrogens is 1. The van der Waals surface area contributed by atoms with E-state index >= 15 is 0 Å². The van der Waals surface area contributed by atoms with E-state index in [1.54, 1.807) is 0 Å². The summed E-state index contributed by atoms with van der Waals surface area (Å²) in [5.74, 6) is 0.690. The van der Waals surface area contributed by atoms with Crippen LogP contribution in [0, 0.1) is 0 Å². The first kappa shape index (κ1) is 14.4. The molecule has 126 valence electrons. The molecule has 2 aliphatic heterocycles. The lowest BCUT2D eigenvalue weighted by atomic mass is 9.99. The van der Waals surface area contributed by atoms with Gasteiger partial charge in [-0.05, 0) is 37.1 Å².